The second-order valence-electron chi connectivity index (χ2n) is 7.72. The van der Waals surface area contributed by atoms with Crippen LogP contribution in [-0.4, -0.2) is 55.7 Å². The van der Waals surface area contributed by atoms with Gasteiger partial charge in [-0.3, -0.25) is 4.79 Å². The molecule has 0 spiro atoms. The summed E-state index contributed by atoms with van der Waals surface area (Å²) >= 11 is 0. The first kappa shape index (κ1) is 22.0. The van der Waals surface area contributed by atoms with Crippen LogP contribution in [0.5, 0.6) is 0 Å². The minimum atomic E-state index is -0.551. The van der Waals surface area contributed by atoms with E-state index in [2.05, 4.69) is 10.6 Å². The van der Waals surface area contributed by atoms with Crippen molar-refractivity contribution in [1.29, 1.82) is 0 Å². The van der Waals surface area contributed by atoms with Gasteiger partial charge in [-0.25, -0.2) is 4.79 Å². The number of hydrogen-bond donors (Lipinski definition) is 2. The summed E-state index contributed by atoms with van der Waals surface area (Å²) in [5, 5.41) is 5.80. The quantitative estimate of drug-likeness (QED) is 0.707. The van der Waals surface area contributed by atoms with Crippen molar-refractivity contribution in [2.45, 2.75) is 51.7 Å². The maximum Gasteiger partial charge on any atom is 0.407 e. The number of nitrogens with one attached hydrogen (secondary N) is 2. The molecule has 146 valence electrons. The molecule has 0 aliphatic rings. The third-order valence-corrected chi connectivity index (χ3v) is 3.65. The first-order valence-corrected chi connectivity index (χ1v) is 9.10. The lowest BCUT2D eigenvalue weighted by atomic mass is 10.0. The average Bonchev–Trinajstić information content (AvgIpc) is 2.51. The first-order valence-electron chi connectivity index (χ1n) is 9.10. The van der Waals surface area contributed by atoms with Crippen LogP contribution in [-0.2, 0) is 16.0 Å². The third-order valence-electron chi connectivity index (χ3n) is 3.65. The molecule has 1 aromatic carbocycles. The van der Waals surface area contributed by atoms with Crippen molar-refractivity contribution in [2.75, 3.05) is 27.2 Å². The number of ether oxygens (including phenoxy) is 1. The molecule has 0 saturated carbocycles. The summed E-state index contributed by atoms with van der Waals surface area (Å²) in [6.07, 6.45) is 1.12. The molecule has 0 bridgehead atoms. The van der Waals surface area contributed by atoms with Crippen molar-refractivity contribution in [1.82, 2.24) is 15.5 Å². The second kappa shape index (κ2) is 10.8. The topological polar surface area (TPSA) is 70.7 Å². The number of rotatable bonds is 9. The largest absolute Gasteiger partial charge is 0.444 e. The minimum Gasteiger partial charge on any atom is -0.444 e. The van der Waals surface area contributed by atoms with Crippen molar-refractivity contribution in [3.8, 4) is 0 Å². The molecular formula is C20H33N3O3. The smallest absolute Gasteiger partial charge is 0.407 e. The van der Waals surface area contributed by atoms with E-state index in [0.29, 0.717) is 25.8 Å². The summed E-state index contributed by atoms with van der Waals surface area (Å²) in [5.74, 6) is -0.00380. The van der Waals surface area contributed by atoms with E-state index in [9.17, 15) is 9.59 Å². The molecule has 0 heterocycles. The number of benzene rings is 1. The molecule has 0 aromatic heterocycles. The van der Waals surface area contributed by atoms with Gasteiger partial charge in [0.2, 0.25) is 5.91 Å². The molecule has 26 heavy (non-hydrogen) atoms. The zero-order valence-corrected chi connectivity index (χ0v) is 16.7. The van der Waals surface area contributed by atoms with Gasteiger partial charge in [-0.15, -0.1) is 0 Å². The zero-order valence-electron chi connectivity index (χ0n) is 16.7. The van der Waals surface area contributed by atoms with E-state index < -0.39 is 11.7 Å². The number of likely N-dealkylation sites (N-methyl/N-ethyl adjacent to an activating group) is 1. The maximum atomic E-state index is 12.1. The highest BCUT2D eigenvalue weighted by Gasteiger charge is 2.20. The number of carbonyl (C=O) groups is 2. The molecule has 1 atom stereocenters. The first-order chi connectivity index (χ1) is 12.2. The van der Waals surface area contributed by atoms with Gasteiger partial charge < -0.3 is 20.3 Å². The van der Waals surface area contributed by atoms with Crippen LogP contribution < -0.4 is 10.6 Å². The van der Waals surface area contributed by atoms with Crippen molar-refractivity contribution in [2.24, 2.45) is 0 Å². The summed E-state index contributed by atoms with van der Waals surface area (Å²) in [6.45, 7) is 6.91. The maximum absolute atomic E-state index is 12.1. The van der Waals surface area contributed by atoms with Crippen LogP contribution in [0.25, 0.3) is 0 Å². The van der Waals surface area contributed by atoms with Crippen LogP contribution in [0, 0.1) is 0 Å². The summed E-state index contributed by atoms with van der Waals surface area (Å²) in [4.78, 5) is 26.2. The van der Waals surface area contributed by atoms with E-state index in [1.807, 2.05) is 70.1 Å². The van der Waals surface area contributed by atoms with E-state index in [1.54, 1.807) is 0 Å². The van der Waals surface area contributed by atoms with Gasteiger partial charge in [-0.1, -0.05) is 30.3 Å². The lowest BCUT2D eigenvalue weighted by molar-refractivity contribution is -0.121. The van der Waals surface area contributed by atoms with Crippen LogP contribution in [0.4, 0.5) is 4.79 Å². The molecular weight excluding hydrogens is 330 g/mol. The highest BCUT2D eigenvalue weighted by molar-refractivity contribution is 5.76. The number of alkyl carbamates (subject to hydrolysis) is 1. The SMILES string of the molecule is CN(C)CCNC(=O)CC[C@@H](Cc1ccccc1)NC(=O)OC(C)(C)C. The lowest BCUT2D eigenvalue weighted by Gasteiger charge is -2.24. The molecule has 0 aliphatic heterocycles. The van der Waals surface area contributed by atoms with Crippen LogP contribution >= 0.6 is 0 Å². The Hall–Kier alpha value is -2.08. The van der Waals surface area contributed by atoms with Gasteiger partial charge in [-0.2, -0.15) is 0 Å². The van der Waals surface area contributed by atoms with Crippen molar-refractivity contribution in [3.05, 3.63) is 35.9 Å². The van der Waals surface area contributed by atoms with Gasteiger partial charge in [-0.05, 0) is 53.3 Å². The summed E-state index contributed by atoms with van der Waals surface area (Å²) < 4.78 is 5.35. The van der Waals surface area contributed by atoms with Crippen molar-refractivity contribution >= 4 is 12.0 Å². The predicted octanol–water partition coefficient (Wildman–Crippen LogP) is 2.58. The van der Waals surface area contributed by atoms with Gasteiger partial charge in [0.25, 0.3) is 0 Å². The van der Waals surface area contributed by atoms with Crippen molar-refractivity contribution < 1.29 is 14.3 Å². The number of hydrogen-bond acceptors (Lipinski definition) is 4. The average molecular weight is 364 g/mol. The van der Waals surface area contributed by atoms with Crippen LogP contribution in [0.3, 0.4) is 0 Å². The van der Waals surface area contributed by atoms with E-state index in [0.717, 1.165) is 12.1 Å². The van der Waals surface area contributed by atoms with Gasteiger partial charge in [0.05, 0.1) is 0 Å². The molecule has 2 amide bonds. The normalized spacial score (nSPS) is 12.5. The third kappa shape index (κ3) is 10.7. The second-order valence-corrected chi connectivity index (χ2v) is 7.72. The van der Waals surface area contributed by atoms with E-state index in [1.165, 1.54) is 0 Å². The number of nitrogens with zero attached hydrogens (tertiary/aromatic N) is 1. The Balaban J connectivity index is 2.57. The Morgan fingerprint density at radius 3 is 2.38 bits per heavy atom. The highest BCUT2D eigenvalue weighted by Crippen LogP contribution is 2.11. The molecule has 6 nitrogen and oxygen atoms in total. The molecule has 0 aliphatic carbocycles. The molecule has 1 aromatic rings. The zero-order chi connectivity index (χ0) is 19.6. The van der Waals surface area contributed by atoms with Gasteiger partial charge in [0, 0.05) is 25.6 Å². The molecule has 6 heteroatoms. The summed E-state index contributed by atoms with van der Waals surface area (Å²) in [6, 6.07) is 9.76. The Kier molecular flexibility index (Phi) is 9.13. The fourth-order valence-corrected chi connectivity index (χ4v) is 2.41. The van der Waals surface area contributed by atoms with E-state index in [-0.39, 0.29) is 11.9 Å². The number of amides is 2. The molecule has 0 fully saturated rings. The van der Waals surface area contributed by atoms with Crippen LogP contribution in [0.2, 0.25) is 0 Å². The summed E-state index contributed by atoms with van der Waals surface area (Å²) in [7, 11) is 3.93. The van der Waals surface area contributed by atoms with E-state index >= 15 is 0 Å². The van der Waals surface area contributed by atoms with E-state index in [4.69, 9.17) is 4.74 Å². The fraction of sp³-hybridized carbons (Fsp3) is 0.600. The Morgan fingerprint density at radius 1 is 1.15 bits per heavy atom. The molecule has 1 rings (SSSR count). The number of carbonyl (C=O) groups excluding carboxylic acids is 2. The van der Waals surface area contributed by atoms with Crippen LogP contribution in [0.15, 0.2) is 30.3 Å². The van der Waals surface area contributed by atoms with Gasteiger partial charge >= 0.3 is 6.09 Å². The Morgan fingerprint density at radius 2 is 1.81 bits per heavy atom. The Labute approximate surface area is 157 Å². The van der Waals surface area contributed by atoms with Crippen LogP contribution in [0.1, 0.15) is 39.2 Å². The molecule has 0 unspecified atom stereocenters. The van der Waals surface area contributed by atoms with Crippen molar-refractivity contribution in [3.63, 3.8) is 0 Å². The van der Waals surface area contributed by atoms with Gasteiger partial charge in [0.15, 0.2) is 0 Å². The highest BCUT2D eigenvalue weighted by atomic mass is 16.6. The lowest BCUT2D eigenvalue weighted by Crippen LogP contribution is -2.41. The molecule has 0 saturated heterocycles. The van der Waals surface area contributed by atoms with Gasteiger partial charge in [0.1, 0.15) is 5.60 Å². The predicted molar refractivity (Wildman–Crippen MR) is 104 cm³/mol. The monoisotopic (exact) mass is 363 g/mol. The standard InChI is InChI=1S/C20H33N3O3/c1-20(2,3)26-19(25)22-17(15-16-9-7-6-8-10-16)11-12-18(24)21-13-14-23(4)5/h6-10,17H,11-15H2,1-5H3,(H,21,24)(H,22,25)/t17-/m0/s1. The fourth-order valence-electron chi connectivity index (χ4n) is 2.41. The minimum absolute atomic E-state index is 0.00380. The summed E-state index contributed by atoms with van der Waals surface area (Å²) in [5.41, 5.74) is 0.562. The Bertz CT molecular complexity index is 553. The molecule has 2 N–H and O–H groups in total. The molecule has 0 radical (unpaired) electrons.